The number of likely N-dealkylation sites (N-methyl/N-ethyl adjacent to an activating group) is 1. The van der Waals surface area contributed by atoms with Gasteiger partial charge in [-0.15, -0.1) is 11.3 Å². The van der Waals surface area contributed by atoms with E-state index in [1.807, 2.05) is 12.3 Å². The molecule has 9 heteroatoms. The molecule has 1 spiro atoms. The lowest BCUT2D eigenvalue weighted by Crippen LogP contribution is -2.56. The Morgan fingerprint density at radius 2 is 2.08 bits per heavy atom. The number of rotatable bonds is 5. The van der Waals surface area contributed by atoms with Crippen molar-refractivity contribution in [2.75, 3.05) is 26.2 Å². The van der Waals surface area contributed by atoms with Gasteiger partial charge in [-0.3, -0.25) is 19.4 Å². The zero-order chi connectivity index (χ0) is 17.3. The fourth-order valence-electron chi connectivity index (χ4n) is 3.60. The summed E-state index contributed by atoms with van der Waals surface area (Å²) >= 11 is 1.61. The maximum absolute atomic E-state index is 12.8. The molecule has 3 heterocycles. The topological polar surface area (TPSA) is 99.8 Å². The Hall–Kier alpha value is -2.00. The summed E-state index contributed by atoms with van der Waals surface area (Å²) in [6, 6.07) is -0.408. The van der Waals surface area contributed by atoms with E-state index in [2.05, 4.69) is 9.88 Å². The molecule has 8 nitrogen and oxygen atoms in total. The van der Waals surface area contributed by atoms with E-state index in [-0.39, 0.29) is 12.5 Å². The van der Waals surface area contributed by atoms with Crippen LogP contribution in [0.5, 0.6) is 0 Å². The van der Waals surface area contributed by atoms with Crippen LogP contribution in [0.2, 0.25) is 0 Å². The number of aromatic nitrogens is 1. The molecule has 130 valence electrons. The molecule has 0 radical (unpaired) electrons. The minimum atomic E-state index is -0.833. The van der Waals surface area contributed by atoms with E-state index in [1.54, 1.807) is 22.4 Å². The molecule has 1 aromatic rings. The predicted octanol–water partition coefficient (Wildman–Crippen LogP) is 0.247. The van der Waals surface area contributed by atoms with Gasteiger partial charge >= 0.3 is 6.03 Å². The number of urea groups is 1. The minimum absolute atomic E-state index is 0.290. The zero-order valence-electron chi connectivity index (χ0n) is 13.6. The average molecular weight is 351 g/mol. The van der Waals surface area contributed by atoms with E-state index >= 15 is 0 Å². The first kappa shape index (κ1) is 16.8. The molecule has 2 fully saturated rings. The van der Waals surface area contributed by atoms with Crippen LogP contribution in [0.4, 0.5) is 4.79 Å². The van der Waals surface area contributed by atoms with Crippen molar-refractivity contribution < 1.29 is 14.4 Å². The molecule has 2 aliphatic rings. The first-order valence-corrected chi connectivity index (χ1v) is 8.88. The summed E-state index contributed by atoms with van der Waals surface area (Å²) < 4.78 is 0. The second kappa shape index (κ2) is 6.48. The lowest BCUT2D eigenvalue weighted by molar-refractivity contribution is -0.137. The maximum atomic E-state index is 12.8. The summed E-state index contributed by atoms with van der Waals surface area (Å²) in [7, 11) is 0. The van der Waals surface area contributed by atoms with Gasteiger partial charge in [-0.05, 0) is 19.8 Å². The molecule has 2 N–H and O–H groups in total. The van der Waals surface area contributed by atoms with Crippen molar-refractivity contribution in [2.24, 2.45) is 5.73 Å². The summed E-state index contributed by atoms with van der Waals surface area (Å²) in [5.41, 5.74) is 4.35. The highest BCUT2D eigenvalue weighted by Gasteiger charge is 2.57. The summed E-state index contributed by atoms with van der Waals surface area (Å²) in [4.78, 5) is 45.7. The molecule has 2 aliphatic heterocycles. The first-order chi connectivity index (χ1) is 11.5. The third kappa shape index (κ3) is 2.78. The molecule has 4 amide bonds. The third-order valence-electron chi connectivity index (χ3n) is 4.78. The Morgan fingerprint density at radius 3 is 2.62 bits per heavy atom. The normalized spacial score (nSPS) is 21.0. The van der Waals surface area contributed by atoms with E-state index in [4.69, 9.17) is 5.73 Å². The van der Waals surface area contributed by atoms with Gasteiger partial charge in [0.05, 0.1) is 6.54 Å². The SMILES string of the molecule is CCN1C(=O)N(CC(N)=O)C(=O)C12CCN(Cc1nccs1)CC2. The molecule has 2 saturated heterocycles. The van der Waals surface area contributed by atoms with Crippen LogP contribution in [0, 0.1) is 0 Å². The van der Waals surface area contributed by atoms with Crippen LogP contribution in [0.3, 0.4) is 0 Å². The summed E-state index contributed by atoms with van der Waals surface area (Å²) in [6.07, 6.45) is 2.91. The van der Waals surface area contributed by atoms with Gasteiger partial charge in [0, 0.05) is 31.2 Å². The van der Waals surface area contributed by atoms with E-state index in [0.29, 0.717) is 32.5 Å². The molecular formula is C15H21N5O3S. The fourth-order valence-corrected chi connectivity index (χ4v) is 4.26. The number of imide groups is 1. The summed E-state index contributed by atoms with van der Waals surface area (Å²) in [6.45, 7) is 4.11. The van der Waals surface area contributed by atoms with Crippen molar-refractivity contribution in [1.29, 1.82) is 0 Å². The Kier molecular flexibility index (Phi) is 4.55. The van der Waals surface area contributed by atoms with Crippen molar-refractivity contribution in [2.45, 2.75) is 31.8 Å². The van der Waals surface area contributed by atoms with Crippen molar-refractivity contribution in [3.8, 4) is 0 Å². The van der Waals surface area contributed by atoms with Crippen molar-refractivity contribution >= 4 is 29.2 Å². The minimum Gasteiger partial charge on any atom is -0.368 e. The number of carbonyl (C=O) groups is 3. The number of thiazole rings is 1. The molecule has 3 rings (SSSR count). The smallest absolute Gasteiger partial charge is 0.328 e. The van der Waals surface area contributed by atoms with Gasteiger partial charge in [0.15, 0.2) is 0 Å². The highest BCUT2D eigenvalue weighted by molar-refractivity contribution is 7.09. The Bertz CT molecular complexity index is 640. The van der Waals surface area contributed by atoms with E-state index in [0.717, 1.165) is 16.5 Å². The quantitative estimate of drug-likeness (QED) is 0.767. The molecule has 0 aromatic carbocycles. The average Bonchev–Trinajstić information content (AvgIpc) is 3.12. The molecular weight excluding hydrogens is 330 g/mol. The second-order valence-corrected chi connectivity index (χ2v) is 7.10. The van der Waals surface area contributed by atoms with Crippen molar-refractivity contribution in [3.05, 3.63) is 16.6 Å². The molecule has 0 unspecified atom stereocenters. The number of piperidine rings is 1. The van der Waals surface area contributed by atoms with Gasteiger partial charge in [-0.1, -0.05) is 0 Å². The van der Waals surface area contributed by atoms with E-state index in [9.17, 15) is 14.4 Å². The van der Waals surface area contributed by atoms with Gasteiger partial charge in [-0.25, -0.2) is 9.78 Å². The fraction of sp³-hybridized carbons (Fsp3) is 0.600. The number of hydrogen-bond donors (Lipinski definition) is 1. The summed E-state index contributed by atoms with van der Waals surface area (Å²) in [5, 5.41) is 2.99. The van der Waals surface area contributed by atoms with E-state index in [1.165, 1.54) is 0 Å². The molecule has 24 heavy (non-hydrogen) atoms. The van der Waals surface area contributed by atoms with Crippen molar-refractivity contribution in [3.63, 3.8) is 0 Å². The second-order valence-electron chi connectivity index (χ2n) is 6.12. The van der Waals surface area contributed by atoms with Crippen LogP contribution in [-0.4, -0.2) is 69.2 Å². The number of carbonyl (C=O) groups excluding carboxylic acids is 3. The third-order valence-corrected chi connectivity index (χ3v) is 5.54. The standard InChI is InChI=1S/C15H21N5O3S/c1-2-20-14(23)19(9-11(16)21)13(22)15(20)3-6-18(7-4-15)10-12-17-5-8-24-12/h5,8H,2-4,6-7,9-10H2,1H3,(H2,16,21). The Morgan fingerprint density at radius 1 is 1.38 bits per heavy atom. The molecule has 1 aromatic heterocycles. The lowest BCUT2D eigenvalue weighted by atomic mass is 9.86. The number of nitrogens with zero attached hydrogens (tertiary/aromatic N) is 4. The Balaban J connectivity index is 1.73. The highest BCUT2D eigenvalue weighted by Crippen LogP contribution is 2.37. The number of hydrogen-bond acceptors (Lipinski definition) is 6. The van der Waals surface area contributed by atoms with Gasteiger partial charge in [0.25, 0.3) is 5.91 Å². The van der Waals surface area contributed by atoms with Crippen LogP contribution >= 0.6 is 11.3 Å². The van der Waals surface area contributed by atoms with Crippen LogP contribution in [0.25, 0.3) is 0 Å². The van der Waals surface area contributed by atoms with Crippen LogP contribution < -0.4 is 5.73 Å². The van der Waals surface area contributed by atoms with Crippen LogP contribution in [0.15, 0.2) is 11.6 Å². The van der Waals surface area contributed by atoms with Crippen molar-refractivity contribution in [1.82, 2.24) is 19.7 Å². The summed E-state index contributed by atoms with van der Waals surface area (Å²) in [5.74, 6) is -0.965. The number of nitrogens with two attached hydrogens (primary N) is 1. The molecule has 0 saturated carbocycles. The van der Waals surface area contributed by atoms with Gasteiger partial charge in [0.2, 0.25) is 5.91 Å². The first-order valence-electron chi connectivity index (χ1n) is 8.00. The molecule has 0 aliphatic carbocycles. The predicted molar refractivity (Wildman–Crippen MR) is 88.0 cm³/mol. The lowest BCUT2D eigenvalue weighted by Gasteiger charge is -2.41. The highest BCUT2D eigenvalue weighted by atomic mass is 32.1. The monoisotopic (exact) mass is 351 g/mol. The van der Waals surface area contributed by atoms with Crippen LogP contribution in [0.1, 0.15) is 24.8 Å². The van der Waals surface area contributed by atoms with Gasteiger partial charge in [-0.2, -0.15) is 0 Å². The molecule has 0 bridgehead atoms. The Labute approximate surface area is 144 Å². The van der Waals surface area contributed by atoms with Crippen LogP contribution in [-0.2, 0) is 16.1 Å². The number of amides is 4. The van der Waals surface area contributed by atoms with Gasteiger partial charge in [0.1, 0.15) is 17.1 Å². The number of primary amides is 1. The largest absolute Gasteiger partial charge is 0.368 e. The van der Waals surface area contributed by atoms with E-state index < -0.39 is 17.5 Å². The maximum Gasteiger partial charge on any atom is 0.328 e. The number of likely N-dealkylation sites (tertiary alicyclic amines) is 1. The molecule has 0 atom stereocenters. The zero-order valence-corrected chi connectivity index (χ0v) is 14.4. The van der Waals surface area contributed by atoms with Gasteiger partial charge < -0.3 is 10.6 Å².